The van der Waals surface area contributed by atoms with Gasteiger partial charge in [-0.2, -0.15) is 0 Å². The molecule has 1 heterocycles. The fourth-order valence-electron chi connectivity index (χ4n) is 3.63. The summed E-state index contributed by atoms with van der Waals surface area (Å²) in [6, 6.07) is 9.24. The van der Waals surface area contributed by atoms with Crippen LogP contribution in [-0.2, 0) is 4.74 Å². The fraction of sp³-hybridized carbons (Fsp3) is 0.333. The van der Waals surface area contributed by atoms with Gasteiger partial charge in [-0.15, -0.1) is 0 Å². The molecule has 28 heavy (non-hydrogen) atoms. The van der Waals surface area contributed by atoms with E-state index in [1.807, 2.05) is 0 Å². The van der Waals surface area contributed by atoms with Crippen molar-refractivity contribution in [3.63, 3.8) is 0 Å². The Morgan fingerprint density at radius 1 is 1.00 bits per heavy atom. The first-order valence-corrected chi connectivity index (χ1v) is 9.21. The van der Waals surface area contributed by atoms with Crippen molar-refractivity contribution in [2.45, 2.75) is 6.10 Å². The Labute approximate surface area is 162 Å². The highest BCUT2D eigenvalue weighted by atomic mass is 16.5. The predicted octanol–water partition coefficient (Wildman–Crippen LogP) is 1.24. The van der Waals surface area contributed by atoms with Crippen molar-refractivity contribution in [1.82, 2.24) is 4.90 Å². The molecule has 146 valence electrons. The molecule has 1 fully saturated rings. The summed E-state index contributed by atoms with van der Waals surface area (Å²) in [5.41, 5.74) is 0.537. The first kappa shape index (κ1) is 18.6. The molecule has 0 aromatic heterocycles. The minimum absolute atomic E-state index is 0.00934. The van der Waals surface area contributed by atoms with E-state index in [1.165, 1.54) is 18.2 Å². The molecule has 0 bridgehead atoms. The molecule has 2 aromatic rings. The van der Waals surface area contributed by atoms with Crippen LogP contribution in [0.3, 0.4) is 0 Å². The van der Waals surface area contributed by atoms with E-state index < -0.39 is 11.9 Å². The number of carbonyl (C=O) groups excluding carboxylic acids is 2. The molecule has 1 atom stereocenters. The Morgan fingerprint density at radius 2 is 1.68 bits per heavy atom. The Morgan fingerprint density at radius 3 is 2.43 bits per heavy atom. The van der Waals surface area contributed by atoms with Gasteiger partial charge in [-0.25, -0.2) is 0 Å². The Balaban J connectivity index is 1.55. The summed E-state index contributed by atoms with van der Waals surface area (Å²) >= 11 is 0. The molecule has 0 amide bonds. The third-order valence-corrected chi connectivity index (χ3v) is 5.02. The zero-order chi connectivity index (χ0) is 19.7. The Hall–Kier alpha value is -2.74. The highest BCUT2D eigenvalue weighted by molar-refractivity contribution is 6.30. The molecule has 1 saturated heterocycles. The second-order valence-corrected chi connectivity index (χ2v) is 6.91. The van der Waals surface area contributed by atoms with Gasteiger partial charge in [0.05, 0.1) is 24.3 Å². The van der Waals surface area contributed by atoms with Gasteiger partial charge < -0.3 is 19.7 Å². The van der Waals surface area contributed by atoms with Crippen LogP contribution < -0.4 is 4.74 Å². The molecule has 0 radical (unpaired) electrons. The molecule has 2 aliphatic rings. The molecular weight excluding hydrogens is 362 g/mol. The highest BCUT2D eigenvalue weighted by Gasteiger charge is 2.34. The van der Waals surface area contributed by atoms with Crippen molar-refractivity contribution in [3.05, 3.63) is 58.7 Å². The predicted molar refractivity (Wildman–Crippen MR) is 100 cm³/mol. The van der Waals surface area contributed by atoms with Gasteiger partial charge in [0.15, 0.2) is 5.78 Å². The average Bonchev–Trinajstić information content (AvgIpc) is 2.71. The van der Waals surface area contributed by atoms with E-state index in [0.29, 0.717) is 19.8 Å². The quantitative estimate of drug-likeness (QED) is 0.684. The number of phenolic OH excluding ortho intramolecular Hbond substituents is 1. The van der Waals surface area contributed by atoms with Crippen LogP contribution in [0.25, 0.3) is 0 Å². The third-order valence-electron chi connectivity index (χ3n) is 5.02. The molecule has 7 nitrogen and oxygen atoms in total. The van der Waals surface area contributed by atoms with Crippen LogP contribution in [0.15, 0.2) is 36.4 Å². The number of fused-ring (bicyclic) bond motifs is 2. The molecular formula is C21H21NO6. The van der Waals surface area contributed by atoms with E-state index in [9.17, 15) is 19.8 Å². The lowest BCUT2D eigenvalue weighted by molar-refractivity contribution is 0.00457. The molecule has 1 aliphatic heterocycles. The van der Waals surface area contributed by atoms with Crippen molar-refractivity contribution < 1.29 is 29.3 Å². The molecule has 1 unspecified atom stereocenters. The number of aromatic hydroxyl groups is 1. The fourth-order valence-corrected chi connectivity index (χ4v) is 3.63. The van der Waals surface area contributed by atoms with E-state index in [1.54, 1.807) is 18.2 Å². The van der Waals surface area contributed by atoms with E-state index >= 15 is 0 Å². The van der Waals surface area contributed by atoms with Gasteiger partial charge in [0, 0.05) is 30.8 Å². The number of morpholine rings is 1. The van der Waals surface area contributed by atoms with Gasteiger partial charge in [0.1, 0.15) is 24.2 Å². The molecule has 7 heteroatoms. The summed E-state index contributed by atoms with van der Waals surface area (Å²) in [5.74, 6) is -0.796. The standard InChI is InChI=1S/C21H21NO6/c23-13(11-22-7-9-27-10-8-22)12-28-17-6-2-4-15-19(17)21(26)18-14(20(15)25)3-1-5-16(18)24/h1-6,13,23-24H,7-12H2. The summed E-state index contributed by atoms with van der Waals surface area (Å²) in [6.07, 6.45) is -0.746. The lowest BCUT2D eigenvalue weighted by Gasteiger charge is -2.28. The number of benzene rings is 2. The smallest absolute Gasteiger partial charge is 0.201 e. The molecule has 1 aliphatic carbocycles. The van der Waals surface area contributed by atoms with Crippen molar-refractivity contribution in [3.8, 4) is 11.5 Å². The number of carbonyl (C=O) groups is 2. The van der Waals surface area contributed by atoms with Crippen molar-refractivity contribution in [1.29, 1.82) is 0 Å². The second-order valence-electron chi connectivity index (χ2n) is 6.91. The normalized spacial score (nSPS) is 17.8. The summed E-state index contributed by atoms with van der Waals surface area (Å²) in [7, 11) is 0. The zero-order valence-electron chi connectivity index (χ0n) is 15.3. The third kappa shape index (κ3) is 3.40. The lowest BCUT2D eigenvalue weighted by Crippen LogP contribution is -2.42. The minimum atomic E-state index is -0.746. The number of β-amino-alcohol motifs (C(OH)–C–C–N with tert-alkyl or cyclic N) is 1. The van der Waals surface area contributed by atoms with Gasteiger partial charge in [-0.05, 0) is 12.1 Å². The first-order valence-electron chi connectivity index (χ1n) is 9.21. The van der Waals surface area contributed by atoms with Gasteiger partial charge in [-0.3, -0.25) is 14.5 Å². The Kier molecular flexibility index (Phi) is 5.13. The number of phenols is 1. The molecule has 2 aromatic carbocycles. The highest BCUT2D eigenvalue weighted by Crippen LogP contribution is 2.36. The maximum absolute atomic E-state index is 13.0. The van der Waals surface area contributed by atoms with Crippen molar-refractivity contribution >= 4 is 11.6 Å². The minimum Gasteiger partial charge on any atom is -0.507 e. The average molecular weight is 383 g/mol. The monoisotopic (exact) mass is 383 g/mol. The number of ketones is 2. The zero-order valence-corrected chi connectivity index (χ0v) is 15.3. The summed E-state index contributed by atoms with van der Waals surface area (Å²) in [4.78, 5) is 27.8. The number of nitrogens with zero attached hydrogens (tertiary/aromatic N) is 1. The van der Waals surface area contributed by atoms with Gasteiger partial charge >= 0.3 is 0 Å². The van der Waals surface area contributed by atoms with E-state index in [4.69, 9.17) is 9.47 Å². The Bertz CT molecular complexity index is 919. The van der Waals surface area contributed by atoms with Crippen LogP contribution in [0, 0.1) is 0 Å². The van der Waals surface area contributed by atoms with E-state index in [-0.39, 0.29) is 46.1 Å². The maximum atomic E-state index is 13.0. The van der Waals surface area contributed by atoms with Gasteiger partial charge in [0.25, 0.3) is 0 Å². The topological polar surface area (TPSA) is 96.3 Å². The van der Waals surface area contributed by atoms with Crippen LogP contribution in [0.1, 0.15) is 31.8 Å². The van der Waals surface area contributed by atoms with Gasteiger partial charge in [-0.1, -0.05) is 24.3 Å². The molecule has 0 saturated carbocycles. The SMILES string of the molecule is O=C1c2cccc(O)c2C(=O)c2c(OCC(O)CN3CCOCC3)cccc21. The van der Waals surface area contributed by atoms with E-state index in [2.05, 4.69) is 4.90 Å². The van der Waals surface area contributed by atoms with Crippen molar-refractivity contribution in [2.75, 3.05) is 39.5 Å². The van der Waals surface area contributed by atoms with Crippen LogP contribution in [0.2, 0.25) is 0 Å². The van der Waals surface area contributed by atoms with Crippen molar-refractivity contribution in [2.24, 2.45) is 0 Å². The lowest BCUT2D eigenvalue weighted by atomic mass is 9.83. The van der Waals surface area contributed by atoms with Crippen LogP contribution in [0.4, 0.5) is 0 Å². The van der Waals surface area contributed by atoms with Gasteiger partial charge in [0.2, 0.25) is 5.78 Å². The maximum Gasteiger partial charge on any atom is 0.201 e. The number of aliphatic hydroxyl groups excluding tert-OH is 1. The number of rotatable bonds is 5. The first-order chi connectivity index (χ1) is 13.6. The van der Waals surface area contributed by atoms with Crippen LogP contribution in [-0.4, -0.2) is 72.2 Å². The summed E-state index contributed by atoms with van der Waals surface area (Å²) in [5, 5.41) is 20.4. The number of hydrogen-bond donors (Lipinski definition) is 2. The largest absolute Gasteiger partial charge is 0.507 e. The second kappa shape index (κ2) is 7.71. The number of hydrogen-bond acceptors (Lipinski definition) is 7. The number of aliphatic hydroxyl groups is 1. The number of ether oxygens (including phenoxy) is 2. The van der Waals surface area contributed by atoms with Crippen LogP contribution in [0.5, 0.6) is 11.5 Å². The summed E-state index contributed by atoms with van der Waals surface area (Å²) in [6.45, 7) is 3.21. The van der Waals surface area contributed by atoms with Crippen LogP contribution >= 0.6 is 0 Å². The molecule has 0 spiro atoms. The summed E-state index contributed by atoms with van der Waals surface area (Å²) < 4.78 is 11.0. The molecule has 4 rings (SSSR count). The van der Waals surface area contributed by atoms with E-state index in [0.717, 1.165) is 13.1 Å². The molecule has 2 N–H and O–H groups in total.